The fraction of sp³-hybridized carbons (Fsp3) is 0.700. The van der Waals surface area contributed by atoms with Gasteiger partial charge in [-0.1, -0.05) is 0 Å². The van der Waals surface area contributed by atoms with Gasteiger partial charge in [-0.2, -0.15) is 0 Å². The van der Waals surface area contributed by atoms with E-state index in [2.05, 4.69) is 15.7 Å². The molecule has 1 saturated carbocycles. The van der Waals surface area contributed by atoms with Crippen molar-refractivity contribution < 1.29 is 0 Å². The normalized spacial score (nSPS) is 31.5. The predicted octanol–water partition coefficient (Wildman–Crippen LogP) is 1.03. The Bertz CT molecular complexity index is 305. The van der Waals surface area contributed by atoms with Crippen molar-refractivity contribution in [3.63, 3.8) is 0 Å². The van der Waals surface area contributed by atoms with E-state index in [4.69, 9.17) is 5.73 Å². The van der Waals surface area contributed by atoms with Crippen molar-refractivity contribution in [1.29, 1.82) is 0 Å². The lowest BCUT2D eigenvalue weighted by atomic mass is 10.2. The topological polar surface area (TPSA) is 43.8 Å². The fourth-order valence-electron chi connectivity index (χ4n) is 2.17. The van der Waals surface area contributed by atoms with Crippen molar-refractivity contribution in [2.24, 2.45) is 5.73 Å². The van der Waals surface area contributed by atoms with Crippen LogP contribution in [0.3, 0.4) is 0 Å². The van der Waals surface area contributed by atoms with Gasteiger partial charge in [0, 0.05) is 31.1 Å². The van der Waals surface area contributed by atoms with Crippen LogP contribution in [-0.2, 0) is 13.0 Å². The molecule has 3 heteroatoms. The summed E-state index contributed by atoms with van der Waals surface area (Å²) in [6.07, 6.45) is 7.11. The molecule has 0 saturated heterocycles. The van der Waals surface area contributed by atoms with E-state index in [0.717, 1.165) is 19.4 Å². The maximum absolute atomic E-state index is 5.81. The van der Waals surface area contributed by atoms with Gasteiger partial charge in [-0.25, -0.2) is 4.98 Å². The molecule has 2 N–H and O–H groups in total. The van der Waals surface area contributed by atoms with E-state index in [9.17, 15) is 0 Å². The zero-order valence-electron chi connectivity index (χ0n) is 7.74. The van der Waals surface area contributed by atoms with Crippen LogP contribution in [0.4, 0.5) is 0 Å². The summed E-state index contributed by atoms with van der Waals surface area (Å²) < 4.78 is 2.31. The van der Waals surface area contributed by atoms with Crippen molar-refractivity contribution in [3.8, 4) is 0 Å². The largest absolute Gasteiger partial charge is 0.335 e. The van der Waals surface area contributed by atoms with E-state index < -0.39 is 0 Å². The van der Waals surface area contributed by atoms with E-state index in [-0.39, 0.29) is 0 Å². The molecule has 0 aromatic carbocycles. The van der Waals surface area contributed by atoms with Gasteiger partial charge in [-0.3, -0.25) is 0 Å². The van der Waals surface area contributed by atoms with Crippen LogP contribution in [0.25, 0.3) is 0 Å². The summed E-state index contributed by atoms with van der Waals surface area (Å²) in [5, 5.41) is 0. The average Bonchev–Trinajstić information content (AvgIpc) is 2.74. The highest BCUT2D eigenvalue weighted by Gasteiger charge is 2.37. The number of fused-ring (bicyclic) bond motifs is 1. The summed E-state index contributed by atoms with van der Waals surface area (Å²) >= 11 is 0. The number of aryl methyl sites for hydroxylation is 2. The Morgan fingerprint density at radius 3 is 3.00 bits per heavy atom. The van der Waals surface area contributed by atoms with Gasteiger partial charge >= 0.3 is 0 Å². The monoisotopic (exact) mass is 177 g/mol. The summed E-state index contributed by atoms with van der Waals surface area (Å²) in [5.74, 6) is 1.85. The SMILES string of the molecule is N[C@@H]1C[C@H]1c1cn2c(n1)CCCC2. The summed E-state index contributed by atoms with van der Waals surface area (Å²) in [7, 11) is 0. The molecular formula is C10H15N3. The maximum Gasteiger partial charge on any atom is 0.108 e. The van der Waals surface area contributed by atoms with Crippen molar-refractivity contribution in [3.05, 3.63) is 17.7 Å². The van der Waals surface area contributed by atoms with Gasteiger partial charge in [0.05, 0.1) is 5.69 Å². The third kappa shape index (κ3) is 1.18. The molecule has 1 aliphatic heterocycles. The number of aromatic nitrogens is 2. The predicted molar refractivity (Wildman–Crippen MR) is 50.5 cm³/mol. The van der Waals surface area contributed by atoms with Crippen LogP contribution in [0, 0.1) is 0 Å². The molecule has 2 atom stereocenters. The first kappa shape index (κ1) is 7.56. The Labute approximate surface area is 78.0 Å². The summed E-state index contributed by atoms with van der Waals surface area (Å²) in [6, 6.07) is 0.386. The highest BCUT2D eigenvalue weighted by molar-refractivity contribution is 5.20. The highest BCUT2D eigenvalue weighted by atomic mass is 15.1. The molecule has 1 aliphatic carbocycles. The van der Waals surface area contributed by atoms with Gasteiger partial charge in [0.15, 0.2) is 0 Å². The van der Waals surface area contributed by atoms with Crippen LogP contribution < -0.4 is 5.73 Å². The van der Waals surface area contributed by atoms with Crippen LogP contribution >= 0.6 is 0 Å². The first-order chi connectivity index (χ1) is 6.34. The molecule has 0 amide bonds. The van der Waals surface area contributed by atoms with Gasteiger partial charge in [-0.05, 0) is 19.3 Å². The molecule has 0 bridgehead atoms. The van der Waals surface area contributed by atoms with Gasteiger partial charge in [-0.15, -0.1) is 0 Å². The van der Waals surface area contributed by atoms with Crippen LogP contribution in [0.15, 0.2) is 6.20 Å². The quantitative estimate of drug-likeness (QED) is 0.696. The standard InChI is InChI=1S/C10H15N3/c11-8-5-7(8)9-6-13-4-2-1-3-10(13)12-9/h6-8H,1-5,11H2/t7-,8-/m1/s1. The number of imidazole rings is 1. The van der Waals surface area contributed by atoms with Crippen LogP contribution in [0.2, 0.25) is 0 Å². The summed E-state index contributed by atoms with van der Waals surface area (Å²) in [4.78, 5) is 4.65. The first-order valence-electron chi connectivity index (χ1n) is 5.16. The van der Waals surface area contributed by atoms with Crippen molar-refractivity contribution in [2.75, 3.05) is 0 Å². The molecule has 1 aromatic rings. The minimum atomic E-state index is 0.386. The molecule has 2 heterocycles. The second-order valence-electron chi connectivity index (χ2n) is 4.24. The molecule has 1 fully saturated rings. The Morgan fingerprint density at radius 2 is 2.31 bits per heavy atom. The highest BCUT2D eigenvalue weighted by Crippen LogP contribution is 2.38. The molecule has 3 rings (SSSR count). The molecule has 2 aliphatic rings. The number of hydrogen-bond donors (Lipinski definition) is 1. The minimum Gasteiger partial charge on any atom is -0.335 e. The average molecular weight is 177 g/mol. The summed E-state index contributed by atoms with van der Waals surface area (Å²) in [6.45, 7) is 1.16. The fourth-order valence-corrected chi connectivity index (χ4v) is 2.17. The lowest BCUT2D eigenvalue weighted by Gasteiger charge is -2.11. The van der Waals surface area contributed by atoms with Gasteiger partial charge < -0.3 is 10.3 Å². The van der Waals surface area contributed by atoms with Crippen LogP contribution in [0.1, 0.15) is 36.7 Å². The lowest BCUT2D eigenvalue weighted by molar-refractivity contribution is 0.522. The number of nitrogens with two attached hydrogens (primary N) is 1. The lowest BCUT2D eigenvalue weighted by Crippen LogP contribution is -2.08. The first-order valence-corrected chi connectivity index (χ1v) is 5.16. The molecule has 13 heavy (non-hydrogen) atoms. The van der Waals surface area contributed by atoms with E-state index in [1.165, 1.54) is 24.4 Å². The number of nitrogens with zero attached hydrogens (tertiary/aromatic N) is 2. The maximum atomic E-state index is 5.81. The molecule has 1 aromatic heterocycles. The van der Waals surface area contributed by atoms with E-state index in [1.54, 1.807) is 0 Å². The van der Waals surface area contributed by atoms with Crippen molar-refractivity contribution in [1.82, 2.24) is 9.55 Å². The Kier molecular flexibility index (Phi) is 1.50. The Hall–Kier alpha value is -0.830. The number of rotatable bonds is 1. The summed E-state index contributed by atoms with van der Waals surface area (Å²) in [5.41, 5.74) is 7.05. The Balaban J connectivity index is 1.91. The second-order valence-corrected chi connectivity index (χ2v) is 4.24. The van der Waals surface area contributed by atoms with Crippen LogP contribution in [-0.4, -0.2) is 15.6 Å². The minimum absolute atomic E-state index is 0.386. The smallest absolute Gasteiger partial charge is 0.108 e. The Morgan fingerprint density at radius 1 is 1.46 bits per heavy atom. The van der Waals surface area contributed by atoms with Gasteiger partial charge in [0.25, 0.3) is 0 Å². The van der Waals surface area contributed by atoms with Crippen molar-refractivity contribution in [2.45, 2.75) is 44.2 Å². The molecule has 0 radical (unpaired) electrons. The zero-order chi connectivity index (χ0) is 8.84. The molecule has 0 spiro atoms. The molecule has 70 valence electrons. The van der Waals surface area contributed by atoms with E-state index in [0.29, 0.717) is 12.0 Å². The van der Waals surface area contributed by atoms with Gasteiger partial charge in [0.2, 0.25) is 0 Å². The third-order valence-electron chi connectivity index (χ3n) is 3.15. The van der Waals surface area contributed by atoms with Crippen molar-refractivity contribution >= 4 is 0 Å². The van der Waals surface area contributed by atoms with E-state index >= 15 is 0 Å². The second kappa shape index (κ2) is 2.58. The van der Waals surface area contributed by atoms with E-state index in [1.807, 2.05) is 0 Å². The van der Waals surface area contributed by atoms with Crippen LogP contribution in [0.5, 0.6) is 0 Å². The third-order valence-corrected chi connectivity index (χ3v) is 3.15. The zero-order valence-corrected chi connectivity index (χ0v) is 7.74. The molecule has 0 unspecified atom stereocenters. The number of hydrogen-bond acceptors (Lipinski definition) is 2. The van der Waals surface area contributed by atoms with Gasteiger partial charge in [0.1, 0.15) is 5.82 Å². The molecular weight excluding hydrogens is 162 g/mol. The molecule has 3 nitrogen and oxygen atoms in total.